The molecule has 1 heterocycles. The molecule has 1 aromatic heterocycles. The standard InChI is InChI=1S/C26H32N2O3/c1-16-12-17(2)24-20(13-16)22(29)14-23(31-24)25(30)27-15-21(28(6)7)18-8-10-19(11-9-18)26(3,4)5/h8-14,21H,15H2,1-7H3,(H,27,30). The maximum atomic E-state index is 12.8. The first kappa shape index (κ1) is 22.8. The third-order valence-electron chi connectivity index (χ3n) is 5.62. The van der Waals surface area contributed by atoms with E-state index in [9.17, 15) is 9.59 Å². The molecule has 3 aromatic rings. The van der Waals surface area contributed by atoms with Crippen LogP contribution in [-0.2, 0) is 5.41 Å². The maximum Gasteiger partial charge on any atom is 0.287 e. The SMILES string of the molecule is Cc1cc(C)c2oc(C(=O)NCC(c3ccc(C(C)(C)C)cc3)N(C)C)cc(=O)c2c1. The smallest absolute Gasteiger partial charge is 0.287 e. The predicted octanol–water partition coefficient (Wildman–Crippen LogP) is 4.74. The Labute approximate surface area is 184 Å². The van der Waals surface area contributed by atoms with Crippen molar-refractivity contribution in [2.45, 2.75) is 46.1 Å². The summed E-state index contributed by atoms with van der Waals surface area (Å²) in [6.07, 6.45) is 0. The topological polar surface area (TPSA) is 62.6 Å². The van der Waals surface area contributed by atoms with Crippen LogP contribution in [0.25, 0.3) is 11.0 Å². The Hall–Kier alpha value is -2.92. The lowest BCUT2D eigenvalue weighted by Crippen LogP contribution is -2.35. The van der Waals surface area contributed by atoms with Crippen molar-refractivity contribution < 1.29 is 9.21 Å². The number of hydrogen-bond donors (Lipinski definition) is 1. The highest BCUT2D eigenvalue weighted by Gasteiger charge is 2.20. The second-order valence-corrected chi connectivity index (χ2v) is 9.49. The normalized spacial score (nSPS) is 12.9. The van der Waals surface area contributed by atoms with Crippen molar-refractivity contribution in [2.24, 2.45) is 0 Å². The molecule has 0 fully saturated rings. The van der Waals surface area contributed by atoms with Crippen LogP contribution in [0.2, 0.25) is 0 Å². The molecule has 1 amide bonds. The fraction of sp³-hybridized carbons (Fsp3) is 0.385. The summed E-state index contributed by atoms with van der Waals surface area (Å²) in [4.78, 5) is 27.4. The molecule has 0 saturated carbocycles. The zero-order valence-corrected chi connectivity index (χ0v) is 19.5. The van der Waals surface area contributed by atoms with Gasteiger partial charge in [0, 0.05) is 12.6 Å². The minimum Gasteiger partial charge on any atom is -0.450 e. The molecule has 0 aliphatic rings. The molecule has 0 saturated heterocycles. The van der Waals surface area contributed by atoms with Gasteiger partial charge in [0.15, 0.2) is 11.2 Å². The van der Waals surface area contributed by atoms with Gasteiger partial charge in [-0.25, -0.2) is 0 Å². The first-order valence-electron chi connectivity index (χ1n) is 10.6. The predicted molar refractivity (Wildman–Crippen MR) is 126 cm³/mol. The minimum absolute atomic E-state index is 0.00506. The van der Waals surface area contributed by atoms with Crippen LogP contribution in [0.3, 0.4) is 0 Å². The zero-order valence-electron chi connectivity index (χ0n) is 19.5. The van der Waals surface area contributed by atoms with E-state index in [4.69, 9.17) is 4.42 Å². The molecule has 0 bridgehead atoms. The molecule has 0 spiro atoms. The fourth-order valence-corrected chi connectivity index (χ4v) is 3.80. The molecule has 0 radical (unpaired) electrons. The Bertz CT molecular complexity index is 1150. The van der Waals surface area contributed by atoms with Crippen LogP contribution in [0, 0.1) is 13.8 Å². The number of nitrogens with zero attached hydrogens (tertiary/aromatic N) is 1. The van der Waals surface area contributed by atoms with Crippen LogP contribution >= 0.6 is 0 Å². The first-order valence-corrected chi connectivity index (χ1v) is 10.6. The Morgan fingerprint density at radius 1 is 1.06 bits per heavy atom. The molecule has 31 heavy (non-hydrogen) atoms. The van der Waals surface area contributed by atoms with E-state index >= 15 is 0 Å². The second kappa shape index (κ2) is 8.67. The van der Waals surface area contributed by atoms with Gasteiger partial charge < -0.3 is 14.6 Å². The lowest BCUT2D eigenvalue weighted by Gasteiger charge is -2.26. The molecule has 2 aromatic carbocycles. The minimum atomic E-state index is -0.392. The van der Waals surface area contributed by atoms with E-state index in [1.807, 2.05) is 34.0 Å². The summed E-state index contributed by atoms with van der Waals surface area (Å²) in [7, 11) is 3.96. The van der Waals surface area contributed by atoms with E-state index in [1.165, 1.54) is 11.6 Å². The van der Waals surface area contributed by atoms with Gasteiger partial charge in [-0.1, -0.05) is 51.1 Å². The van der Waals surface area contributed by atoms with Gasteiger partial charge in [-0.05, 0) is 61.7 Å². The van der Waals surface area contributed by atoms with Crippen molar-refractivity contribution in [2.75, 3.05) is 20.6 Å². The van der Waals surface area contributed by atoms with Gasteiger partial charge in [0.05, 0.1) is 11.4 Å². The van der Waals surface area contributed by atoms with E-state index in [0.717, 1.165) is 16.7 Å². The molecule has 5 nitrogen and oxygen atoms in total. The van der Waals surface area contributed by atoms with Crippen LogP contribution in [0.15, 0.2) is 51.7 Å². The monoisotopic (exact) mass is 420 g/mol. The molecule has 164 valence electrons. The maximum absolute atomic E-state index is 12.8. The van der Waals surface area contributed by atoms with E-state index in [-0.39, 0.29) is 22.6 Å². The number of benzene rings is 2. The number of rotatable bonds is 5. The Balaban J connectivity index is 1.81. The number of fused-ring (bicyclic) bond motifs is 1. The zero-order chi connectivity index (χ0) is 22.9. The summed E-state index contributed by atoms with van der Waals surface area (Å²) in [5.41, 5.74) is 4.55. The number of nitrogens with one attached hydrogen (secondary N) is 1. The van der Waals surface area contributed by atoms with E-state index in [0.29, 0.717) is 17.5 Å². The molecule has 1 atom stereocenters. The molecule has 3 rings (SSSR count). The number of carbonyl (C=O) groups excluding carboxylic acids is 1. The quantitative estimate of drug-likeness (QED) is 0.648. The van der Waals surface area contributed by atoms with Crippen molar-refractivity contribution >= 4 is 16.9 Å². The van der Waals surface area contributed by atoms with Gasteiger partial charge in [-0.15, -0.1) is 0 Å². The van der Waals surface area contributed by atoms with Gasteiger partial charge in [-0.2, -0.15) is 0 Å². The number of hydrogen-bond acceptors (Lipinski definition) is 4. The third kappa shape index (κ3) is 5.05. The largest absolute Gasteiger partial charge is 0.450 e. The lowest BCUT2D eigenvalue weighted by atomic mass is 9.86. The van der Waals surface area contributed by atoms with Crippen LogP contribution in [0.1, 0.15) is 59.6 Å². The van der Waals surface area contributed by atoms with Crippen LogP contribution in [0.5, 0.6) is 0 Å². The van der Waals surface area contributed by atoms with Gasteiger partial charge in [-0.3, -0.25) is 9.59 Å². The van der Waals surface area contributed by atoms with Crippen molar-refractivity contribution in [1.82, 2.24) is 10.2 Å². The van der Waals surface area contributed by atoms with Crippen molar-refractivity contribution in [1.29, 1.82) is 0 Å². The molecule has 1 N–H and O–H groups in total. The average molecular weight is 421 g/mol. The number of likely N-dealkylation sites (N-methyl/N-ethyl adjacent to an activating group) is 1. The molecular weight excluding hydrogens is 388 g/mol. The van der Waals surface area contributed by atoms with Gasteiger partial charge in [0.25, 0.3) is 5.91 Å². The van der Waals surface area contributed by atoms with Crippen molar-refractivity contribution in [3.63, 3.8) is 0 Å². The third-order valence-corrected chi connectivity index (χ3v) is 5.62. The summed E-state index contributed by atoms with van der Waals surface area (Å²) in [5.74, 6) is -0.359. The fourth-order valence-electron chi connectivity index (χ4n) is 3.80. The number of amides is 1. The molecule has 5 heteroatoms. The van der Waals surface area contributed by atoms with E-state index in [2.05, 4.69) is 55.3 Å². The molecule has 1 unspecified atom stereocenters. The second-order valence-electron chi connectivity index (χ2n) is 9.49. The van der Waals surface area contributed by atoms with Crippen LogP contribution < -0.4 is 10.7 Å². The summed E-state index contributed by atoms with van der Waals surface area (Å²) in [6.45, 7) is 10.8. The highest BCUT2D eigenvalue weighted by molar-refractivity contribution is 5.93. The van der Waals surface area contributed by atoms with Gasteiger partial charge >= 0.3 is 0 Å². The summed E-state index contributed by atoms with van der Waals surface area (Å²) >= 11 is 0. The molecular formula is C26H32N2O3. The summed E-state index contributed by atoms with van der Waals surface area (Å²) < 4.78 is 5.82. The van der Waals surface area contributed by atoms with E-state index < -0.39 is 5.91 Å². The lowest BCUT2D eigenvalue weighted by molar-refractivity contribution is 0.0914. The van der Waals surface area contributed by atoms with Crippen LogP contribution in [-0.4, -0.2) is 31.4 Å². The first-order chi connectivity index (χ1) is 14.5. The Kier molecular flexibility index (Phi) is 6.37. The Morgan fingerprint density at radius 2 is 1.71 bits per heavy atom. The van der Waals surface area contributed by atoms with Gasteiger partial charge in [0.2, 0.25) is 0 Å². The van der Waals surface area contributed by atoms with E-state index in [1.54, 1.807) is 6.07 Å². The van der Waals surface area contributed by atoms with Gasteiger partial charge in [0.1, 0.15) is 5.58 Å². The Morgan fingerprint density at radius 3 is 2.29 bits per heavy atom. The van der Waals surface area contributed by atoms with Crippen LogP contribution in [0.4, 0.5) is 0 Å². The highest BCUT2D eigenvalue weighted by Crippen LogP contribution is 2.25. The summed E-state index contributed by atoms with van der Waals surface area (Å²) in [5, 5.41) is 3.43. The molecule has 0 aliphatic carbocycles. The van der Waals surface area contributed by atoms with Crippen molar-refractivity contribution in [3.8, 4) is 0 Å². The van der Waals surface area contributed by atoms with Crippen molar-refractivity contribution in [3.05, 3.63) is 80.7 Å². The number of carbonyl (C=O) groups is 1. The molecule has 0 aliphatic heterocycles. The highest BCUT2D eigenvalue weighted by atomic mass is 16.3. The average Bonchev–Trinajstić information content (AvgIpc) is 2.68. The summed E-state index contributed by atoms with van der Waals surface area (Å²) in [6, 6.07) is 13.5. The number of aryl methyl sites for hydroxylation is 2.